The topological polar surface area (TPSA) is 15.8 Å². The molecule has 1 aromatic heterocycles. The Hall–Kier alpha value is -0.950. The predicted molar refractivity (Wildman–Crippen MR) is 57.4 cm³/mol. The van der Waals surface area contributed by atoms with Crippen molar-refractivity contribution in [3.8, 4) is 0 Å². The second-order valence-electron chi connectivity index (χ2n) is 3.36. The van der Waals surface area contributed by atoms with Gasteiger partial charge in [-0.05, 0) is 37.1 Å². The van der Waals surface area contributed by atoms with Crippen LogP contribution in [0.3, 0.4) is 0 Å². The Morgan fingerprint density at radius 3 is 2.77 bits per heavy atom. The van der Waals surface area contributed by atoms with Crippen molar-refractivity contribution in [3.05, 3.63) is 34.5 Å². The van der Waals surface area contributed by atoms with E-state index in [4.69, 9.17) is 11.6 Å². The summed E-state index contributed by atoms with van der Waals surface area (Å²) in [6, 6.07) is 6.30. The number of H-pyrrole nitrogens is 1. The van der Waals surface area contributed by atoms with Crippen LogP contribution in [0, 0.1) is 6.92 Å². The van der Waals surface area contributed by atoms with E-state index in [0.29, 0.717) is 0 Å². The Morgan fingerprint density at radius 1 is 1.31 bits per heavy atom. The summed E-state index contributed by atoms with van der Waals surface area (Å²) >= 11 is 6.10. The highest BCUT2D eigenvalue weighted by atomic mass is 35.5. The van der Waals surface area contributed by atoms with Crippen molar-refractivity contribution in [2.24, 2.45) is 0 Å². The van der Waals surface area contributed by atoms with Gasteiger partial charge in [-0.3, -0.25) is 0 Å². The van der Waals surface area contributed by atoms with Gasteiger partial charge in [0.1, 0.15) is 0 Å². The van der Waals surface area contributed by atoms with E-state index in [-0.39, 0.29) is 0 Å². The van der Waals surface area contributed by atoms with E-state index in [0.717, 1.165) is 17.0 Å². The SMILES string of the molecule is CCc1cc2cc(C)cc(Cl)c2[nH]1. The minimum absolute atomic E-state index is 0.815. The van der Waals surface area contributed by atoms with Gasteiger partial charge in [0.15, 0.2) is 0 Å². The average molecular weight is 194 g/mol. The van der Waals surface area contributed by atoms with Crippen molar-refractivity contribution in [2.45, 2.75) is 20.3 Å². The summed E-state index contributed by atoms with van der Waals surface area (Å²) < 4.78 is 0. The van der Waals surface area contributed by atoms with E-state index < -0.39 is 0 Å². The Labute approximate surface area is 82.7 Å². The largest absolute Gasteiger partial charge is 0.357 e. The molecule has 1 N–H and O–H groups in total. The maximum atomic E-state index is 6.10. The molecule has 0 bridgehead atoms. The molecule has 13 heavy (non-hydrogen) atoms. The highest BCUT2D eigenvalue weighted by Gasteiger charge is 2.03. The number of hydrogen-bond donors (Lipinski definition) is 1. The molecule has 1 heterocycles. The van der Waals surface area contributed by atoms with Gasteiger partial charge in [0.2, 0.25) is 0 Å². The quantitative estimate of drug-likeness (QED) is 0.711. The van der Waals surface area contributed by atoms with Crippen molar-refractivity contribution in [1.82, 2.24) is 4.98 Å². The molecule has 0 radical (unpaired) electrons. The van der Waals surface area contributed by atoms with Gasteiger partial charge in [0.05, 0.1) is 10.5 Å². The molecule has 0 aliphatic carbocycles. The van der Waals surface area contributed by atoms with E-state index in [1.807, 2.05) is 6.07 Å². The monoisotopic (exact) mass is 193 g/mol. The zero-order valence-corrected chi connectivity index (χ0v) is 8.57. The lowest BCUT2D eigenvalue weighted by Gasteiger charge is -1.95. The number of nitrogens with one attached hydrogen (secondary N) is 1. The molecular formula is C11H12ClN. The van der Waals surface area contributed by atoms with Crippen LogP contribution in [0.25, 0.3) is 10.9 Å². The van der Waals surface area contributed by atoms with Crippen LogP contribution in [0.2, 0.25) is 5.02 Å². The number of aromatic amines is 1. The van der Waals surface area contributed by atoms with Crippen LogP contribution in [-0.2, 0) is 6.42 Å². The van der Waals surface area contributed by atoms with E-state index >= 15 is 0 Å². The van der Waals surface area contributed by atoms with Gasteiger partial charge in [0, 0.05) is 11.1 Å². The van der Waals surface area contributed by atoms with E-state index in [1.54, 1.807) is 0 Å². The van der Waals surface area contributed by atoms with Crippen molar-refractivity contribution in [3.63, 3.8) is 0 Å². The van der Waals surface area contributed by atoms with Gasteiger partial charge in [-0.25, -0.2) is 0 Å². The summed E-state index contributed by atoms with van der Waals surface area (Å²) in [4.78, 5) is 3.31. The van der Waals surface area contributed by atoms with Gasteiger partial charge in [-0.1, -0.05) is 18.5 Å². The fourth-order valence-corrected chi connectivity index (χ4v) is 1.92. The summed E-state index contributed by atoms with van der Waals surface area (Å²) in [7, 11) is 0. The first-order valence-electron chi connectivity index (χ1n) is 4.48. The number of rotatable bonds is 1. The zero-order chi connectivity index (χ0) is 9.42. The van der Waals surface area contributed by atoms with E-state index in [2.05, 4.69) is 31.0 Å². The lowest BCUT2D eigenvalue weighted by atomic mass is 10.2. The number of aryl methyl sites for hydroxylation is 2. The third-order valence-electron chi connectivity index (χ3n) is 2.26. The first-order chi connectivity index (χ1) is 6.20. The maximum absolute atomic E-state index is 6.10. The number of fused-ring (bicyclic) bond motifs is 1. The molecule has 0 saturated heterocycles. The van der Waals surface area contributed by atoms with Crippen molar-refractivity contribution in [2.75, 3.05) is 0 Å². The number of benzene rings is 1. The first-order valence-corrected chi connectivity index (χ1v) is 4.86. The van der Waals surface area contributed by atoms with Gasteiger partial charge in [-0.15, -0.1) is 0 Å². The molecule has 0 spiro atoms. The summed E-state index contributed by atoms with van der Waals surface area (Å²) in [5, 5.41) is 2.02. The van der Waals surface area contributed by atoms with Gasteiger partial charge in [0.25, 0.3) is 0 Å². The predicted octanol–water partition coefficient (Wildman–Crippen LogP) is 3.69. The molecule has 0 aliphatic heterocycles. The number of hydrogen-bond acceptors (Lipinski definition) is 0. The lowest BCUT2D eigenvalue weighted by molar-refractivity contribution is 1.07. The zero-order valence-electron chi connectivity index (χ0n) is 7.82. The summed E-state index contributed by atoms with van der Waals surface area (Å²) in [5.74, 6) is 0. The minimum Gasteiger partial charge on any atom is -0.357 e. The highest BCUT2D eigenvalue weighted by Crippen LogP contribution is 2.25. The van der Waals surface area contributed by atoms with Crippen molar-refractivity contribution < 1.29 is 0 Å². The summed E-state index contributed by atoms with van der Waals surface area (Å²) in [6.07, 6.45) is 1.02. The summed E-state index contributed by atoms with van der Waals surface area (Å²) in [6.45, 7) is 4.19. The average Bonchev–Trinajstić information content (AvgIpc) is 2.47. The molecule has 2 rings (SSSR count). The molecule has 0 unspecified atom stereocenters. The fraction of sp³-hybridized carbons (Fsp3) is 0.273. The van der Waals surface area contributed by atoms with Gasteiger partial charge < -0.3 is 4.98 Å². The van der Waals surface area contributed by atoms with Crippen molar-refractivity contribution >= 4 is 22.5 Å². The van der Waals surface area contributed by atoms with Crippen LogP contribution >= 0.6 is 11.6 Å². The van der Waals surface area contributed by atoms with Gasteiger partial charge in [-0.2, -0.15) is 0 Å². The molecular weight excluding hydrogens is 182 g/mol. The Balaban J connectivity index is 2.75. The van der Waals surface area contributed by atoms with Crippen LogP contribution in [0.5, 0.6) is 0 Å². The Bertz CT molecular complexity index is 443. The molecule has 0 atom stereocenters. The molecule has 2 heteroatoms. The van der Waals surface area contributed by atoms with Crippen LogP contribution in [-0.4, -0.2) is 4.98 Å². The molecule has 0 saturated carbocycles. The molecule has 1 nitrogen and oxygen atoms in total. The molecule has 0 amide bonds. The molecule has 0 aliphatic rings. The standard InChI is InChI=1S/C11H12ClN/c1-3-9-6-8-4-7(2)5-10(12)11(8)13-9/h4-6,13H,3H2,1-2H3. The van der Waals surface area contributed by atoms with E-state index in [9.17, 15) is 0 Å². The smallest absolute Gasteiger partial charge is 0.0649 e. The molecule has 68 valence electrons. The second-order valence-corrected chi connectivity index (χ2v) is 3.77. The highest BCUT2D eigenvalue weighted by molar-refractivity contribution is 6.35. The minimum atomic E-state index is 0.815. The van der Waals surface area contributed by atoms with E-state index in [1.165, 1.54) is 16.6 Å². The number of halogens is 1. The van der Waals surface area contributed by atoms with Crippen LogP contribution < -0.4 is 0 Å². The van der Waals surface area contributed by atoms with Crippen LogP contribution in [0.15, 0.2) is 18.2 Å². The second kappa shape index (κ2) is 3.08. The Kier molecular flexibility index (Phi) is 2.04. The maximum Gasteiger partial charge on any atom is 0.0649 e. The lowest BCUT2D eigenvalue weighted by Crippen LogP contribution is -1.77. The fourth-order valence-electron chi connectivity index (χ4n) is 1.59. The van der Waals surface area contributed by atoms with Crippen LogP contribution in [0.4, 0.5) is 0 Å². The molecule has 0 fully saturated rings. The number of aromatic nitrogens is 1. The molecule has 2 aromatic rings. The third-order valence-corrected chi connectivity index (χ3v) is 2.56. The first kappa shape index (κ1) is 8.64. The molecule has 1 aromatic carbocycles. The van der Waals surface area contributed by atoms with Crippen LogP contribution in [0.1, 0.15) is 18.2 Å². The summed E-state index contributed by atoms with van der Waals surface area (Å²) in [5.41, 5.74) is 3.51. The normalized spacial score (nSPS) is 11.0. The Morgan fingerprint density at radius 2 is 2.08 bits per heavy atom. The van der Waals surface area contributed by atoms with Gasteiger partial charge >= 0.3 is 0 Å². The third kappa shape index (κ3) is 1.44. The van der Waals surface area contributed by atoms with Crippen molar-refractivity contribution in [1.29, 1.82) is 0 Å².